The van der Waals surface area contributed by atoms with Gasteiger partial charge in [-0.25, -0.2) is 8.78 Å². The first kappa shape index (κ1) is 12.4. The molecule has 1 saturated heterocycles. The highest BCUT2D eigenvalue weighted by molar-refractivity contribution is 5.85. The lowest BCUT2D eigenvalue weighted by Crippen LogP contribution is -2.47. The Morgan fingerprint density at radius 3 is 1.92 bits per heavy atom. The summed E-state index contributed by atoms with van der Waals surface area (Å²) in [7, 11) is 0. The van der Waals surface area contributed by atoms with Crippen molar-refractivity contribution in [2.75, 3.05) is 13.1 Å². The van der Waals surface area contributed by atoms with Crippen LogP contribution in [0.1, 0.15) is 19.3 Å². The molecule has 0 unspecified atom stereocenters. The molecule has 5 heteroatoms. The zero-order chi connectivity index (χ0) is 7.24. The molecule has 12 heavy (non-hydrogen) atoms. The average Bonchev–Trinajstić information content (AvgIpc) is 2.59. The van der Waals surface area contributed by atoms with Gasteiger partial charge in [0.15, 0.2) is 0 Å². The minimum atomic E-state index is -2.43. The molecule has 1 spiro atoms. The molecule has 1 aliphatic carbocycles. The van der Waals surface area contributed by atoms with E-state index in [-0.39, 0.29) is 31.4 Å². The summed E-state index contributed by atoms with van der Waals surface area (Å²) >= 11 is 0. The van der Waals surface area contributed by atoms with E-state index in [4.69, 9.17) is 0 Å². The Bertz CT molecular complexity index is 153. The molecule has 1 nitrogen and oxygen atoms in total. The van der Waals surface area contributed by atoms with Crippen LogP contribution in [0.15, 0.2) is 0 Å². The van der Waals surface area contributed by atoms with Gasteiger partial charge in [0, 0.05) is 5.41 Å². The van der Waals surface area contributed by atoms with Crippen molar-refractivity contribution in [3.8, 4) is 0 Å². The van der Waals surface area contributed by atoms with Gasteiger partial charge in [-0.3, -0.25) is 0 Å². The predicted molar refractivity (Wildman–Crippen MR) is 48.6 cm³/mol. The zero-order valence-corrected chi connectivity index (χ0v) is 8.24. The molecule has 1 saturated carbocycles. The Kier molecular flexibility index (Phi) is 3.76. The van der Waals surface area contributed by atoms with Crippen molar-refractivity contribution in [2.24, 2.45) is 5.41 Å². The molecule has 2 aliphatic rings. The van der Waals surface area contributed by atoms with Gasteiger partial charge in [0.25, 0.3) is 5.92 Å². The van der Waals surface area contributed by atoms with Crippen LogP contribution < -0.4 is 5.32 Å². The van der Waals surface area contributed by atoms with E-state index >= 15 is 0 Å². The number of hydrogen-bond acceptors (Lipinski definition) is 1. The normalized spacial score (nSPS) is 28.5. The molecule has 0 aromatic heterocycles. The number of hydrogen-bond donors (Lipinski definition) is 1. The second-order valence-electron chi connectivity index (χ2n) is 3.41. The van der Waals surface area contributed by atoms with E-state index in [1.54, 1.807) is 0 Å². The number of halogens is 4. The zero-order valence-electron chi connectivity index (χ0n) is 6.61. The second kappa shape index (κ2) is 3.64. The average molecular weight is 220 g/mol. The van der Waals surface area contributed by atoms with E-state index < -0.39 is 11.3 Å². The monoisotopic (exact) mass is 219 g/mol. The van der Waals surface area contributed by atoms with Crippen LogP contribution in [0.3, 0.4) is 0 Å². The van der Waals surface area contributed by atoms with E-state index in [1.165, 1.54) is 0 Å². The highest BCUT2D eigenvalue weighted by atomic mass is 35.5. The van der Waals surface area contributed by atoms with Gasteiger partial charge in [-0.05, 0) is 25.8 Å². The van der Waals surface area contributed by atoms with E-state index in [0.717, 1.165) is 19.4 Å². The Hall–Kier alpha value is 0.400. The van der Waals surface area contributed by atoms with Gasteiger partial charge in [-0.1, -0.05) is 0 Å². The van der Waals surface area contributed by atoms with Crippen LogP contribution >= 0.6 is 24.8 Å². The van der Waals surface area contributed by atoms with Gasteiger partial charge >= 0.3 is 0 Å². The van der Waals surface area contributed by atoms with Crippen molar-refractivity contribution >= 4 is 24.8 Å². The fourth-order valence-electron chi connectivity index (χ4n) is 1.71. The molecule has 0 atom stereocenters. The smallest absolute Gasteiger partial charge is 0.265 e. The highest BCUT2D eigenvalue weighted by Gasteiger charge is 2.62. The molecule has 1 N–H and O–H groups in total. The molecule has 0 bridgehead atoms. The molecule has 0 amide bonds. The van der Waals surface area contributed by atoms with Crippen LogP contribution in [0.5, 0.6) is 0 Å². The summed E-state index contributed by atoms with van der Waals surface area (Å²) in [5.74, 6) is -2.43. The lowest BCUT2D eigenvalue weighted by molar-refractivity contribution is -0.0878. The lowest BCUT2D eigenvalue weighted by Gasteiger charge is -2.31. The molecule has 0 radical (unpaired) electrons. The maximum atomic E-state index is 13.0. The molecule has 74 valence electrons. The summed E-state index contributed by atoms with van der Waals surface area (Å²) in [5.41, 5.74) is -0.571. The van der Waals surface area contributed by atoms with Crippen LogP contribution in [-0.4, -0.2) is 19.0 Å². The first-order valence-corrected chi connectivity index (χ1v) is 3.75. The van der Waals surface area contributed by atoms with Gasteiger partial charge in [-0.2, -0.15) is 0 Å². The quantitative estimate of drug-likeness (QED) is 0.660. The van der Waals surface area contributed by atoms with Gasteiger partial charge < -0.3 is 5.32 Å². The maximum Gasteiger partial charge on any atom is 0.265 e. The molecular formula is C7H13Cl2F2N. The number of alkyl halides is 2. The Labute approximate surface area is 83.1 Å². The summed E-state index contributed by atoms with van der Waals surface area (Å²) in [5, 5.41) is 2.72. The van der Waals surface area contributed by atoms with Gasteiger partial charge in [0.1, 0.15) is 0 Å². The third-order valence-corrected chi connectivity index (χ3v) is 2.76. The second-order valence-corrected chi connectivity index (χ2v) is 3.41. The third-order valence-electron chi connectivity index (χ3n) is 2.76. The summed E-state index contributed by atoms with van der Waals surface area (Å²) in [6.45, 7) is 0.669. The topological polar surface area (TPSA) is 12.0 Å². The van der Waals surface area contributed by atoms with Crippen molar-refractivity contribution in [2.45, 2.75) is 25.2 Å². The minimum Gasteiger partial charge on any atom is -0.311 e. The Morgan fingerprint density at radius 2 is 1.58 bits per heavy atom. The molecular weight excluding hydrogens is 207 g/mol. The van der Waals surface area contributed by atoms with Crippen molar-refractivity contribution in [3.05, 3.63) is 0 Å². The Balaban J connectivity index is 0.000000605. The lowest BCUT2D eigenvalue weighted by atomic mass is 9.91. The SMILES string of the molecule is Cl.Cl.FC1(F)CNCCC12CC2. The first-order valence-electron chi connectivity index (χ1n) is 3.75. The minimum absolute atomic E-state index is 0. The number of nitrogens with one attached hydrogen (secondary N) is 1. The fraction of sp³-hybridized carbons (Fsp3) is 1.00. The van der Waals surface area contributed by atoms with E-state index in [9.17, 15) is 8.78 Å². The summed E-state index contributed by atoms with van der Waals surface area (Å²) in [6, 6.07) is 0. The molecule has 2 rings (SSSR count). The number of piperidine rings is 1. The maximum absolute atomic E-state index is 13.0. The van der Waals surface area contributed by atoms with Gasteiger partial charge in [0.2, 0.25) is 0 Å². The van der Waals surface area contributed by atoms with Gasteiger partial charge in [0.05, 0.1) is 6.54 Å². The molecule has 1 aliphatic heterocycles. The molecule has 0 aromatic rings. The fourth-order valence-corrected chi connectivity index (χ4v) is 1.71. The van der Waals surface area contributed by atoms with Crippen LogP contribution in [0.25, 0.3) is 0 Å². The van der Waals surface area contributed by atoms with Crippen molar-refractivity contribution in [3.63, 3.8) is 0 Å². The van der Waals surface area contributed by atoms with Crippen molar-refractivity contribution in [1.29, 1.82) is 0 Å². The van der Waals surface area contributed by atoms with E-state index in [0.29, 0.717) is 6.42 Å². The van der Waals surface area contributed by atoms with E-state index in [1.807, 2.05) is 0 Å². The molecule has 2 fully saturated rings. The predicted octanol–water partition coefficient (Wildman–Crippen LogP) is 2.24. The molecule has 0 aromatic carbocycles. The standard InChI is InChI=1S/C7H11F2N.2ClH/c8-7(9)5-10-4-3-6(7)1-2-6;;/h10H,1-5H2;2*1H. The highest BCUT2D eigenvalue weighted by Crippen LogP contribution is 2.59. The van der Waals surface area contributed by atoms with E-state index in [2.05, 4.69) is 5.32 Å². The van der Waals surface area contributed by atoms with Crippen LogP contribution in [-0.2, 0) is 0 Å². The van der Waals surface area contributed by atoms with Crippen molar-refractivity contribution in [1.82, 2.24) is 5.32 Å². The Morgan fingerprint density at radius 1 is 1.00 bits per heavy atom. The first-order chi connectivity index (χ1) is 4.66. The third kappa shape index (κ3) is 1.68. The van der Waals surface area contributed by atoms with Crippen LogP contribution in [0.4, 0.5) is 8.78 Å². The van der Waals surface area contributed by atoms with Crippen LogP contribution in [0.2, 0.25) is 0 Å². The largest absolute Gasteiger partial charge is 0.311 e. The number of rotatable bonds is 0. The molecule has 1 heterocycles. The van der Waals surface area contributed by atoms with Crippen LogP contribution in [0, 0.1) is 5.41 Å². The van der Waals surface area contributed by atoms with Crippen molar-refractivity contribution < 1.29 is 8.78 Å². The summed E-state index contributed by atoms with van der Waals surface area (Å²) in [4.78, 5) is 0. The summed E-state index contributed by atoms with van der Waals surface area (Å²) in [6.07, 6.45) is 2.14. The van der Waals surface area contributed by atoms with Gasteiger partial charge in [-0.15, -0.1) is 24.8 Å². The summed E-state index contributed by atoms with van der Waals surface area (Å²) < 4.78 is 26.0.